The number of nitrogens with zero attached hydrogens (tertiary/aromatic N) is 3. The van der Waals surface area contributed by atoms with Gasteiger partial charge in [-0.15, -0.1) is 0 Å². The summed E-state index contributed by atoms with van der Waals surface area (Å²) in [6.07, 6.45) is 2.20. The van der Waals surface area contributed by atoms with E-state index in [4.69, 9.17) is 0 Å². The summed E-state index contributed by atoms with van der Waals surface area (Å²) in [6, 6.07) is -0.00289. The van der Waals surface area contributed by atoms with Gasteiger partial charge < -0.3 is 10.2 Å². The van der Waals surface area contributed by atoms with Crippen LogP contribution in [0.4, 0.5) is 11.6 Å². The van der Waals surface area contributed by atoms with Crippen LogP contribution in [-0.4, -0.2) is 49.5 Å². The van der Waals surface area contributed by atoms with Gasteiger partial charge in [-0.1, -0.05) is 13.8 Å². The summed E-state index contributed by atoms with van der Waals surface area (Å²) in [7, 11) is -0.977. The van der Waals surface area contributed by atoms with Gasteiger partial charge >= 0.3 is 0 Å². The number of sulfone groups is 1. The third kappa shape index (κ3) is 3.45. The van der Waals surface area contributed by atoms with E-state index < -0.39 is 9.84 Å². The lowest BCUT2D eigenvalue weighted by Crippen LogP contribution is -2.34. The average Bonchev–Trinajstić information content (AvgIpc) is 2.78. The zero-order valence-corrected chi connectivity index (χ0v) is 13.9. The molecular weight excluding hydrogens is 288 g/mol. The molecule has 1 N–H and O–H groups in total. The van der Waals surface area contributed by atoms with Crippen molar-refractivity contribution in [3.05, 3.63) is 11.9 Å². The Kier molecular flexibility index (Phi) is 4.70. The normalized spacial score (nSPS) is 20.7. The number of hydrogen-bond acceptors (Lipinski definition) is 6. The Balaban J connectivity index is 2.36. The van der Waals surface area contributed by atoms with Gasteiger partial charge in [0.1, 0.15) is 18.0 Å². The monoisotopic (exact) mass is 312 g/mol. The molecule has 21 heavy (non-hydrogen) atoms. The van der Waals surface area contributed by atoms with E-state index in [0.29, 0.717) is 6.42 Å². The first-order chi connectivity index (χ1) is 9.85. The second-order valence-corrected chi connectivity index (χ2v) is 8.04. The summed E-state index contributed by atoms with van der Waals surface area (Å²) in [5.74, 6) is 2.41. The van der Waals surface area contributed by atoms with E-state index in [0.717, 1.165) is 23.7 Å². The number of nitrogens with one attached hydrogen (secondary N) is 1. The molecule has 1 atom stereocenters. The van der Waals surface area contributed by atoms with Gasteiger partial charge in [0, 0.05) is 25.2 Å². The fourth-order valence-electron chi connectivity index (χ4n) is 2.76. The highest BCUT2D eigenvalue weighted by molar-refractivity contribution is 7.91. The molecule has 0 bridgehead atoms. The van der Waals surface area contributed by atoms with Crippen LogP contribution in [0.1, 0.15) is 38.7 Å². The third-order valence-corrected chi connectivity index (χ3v) is 5.63. The molecule has 0 saturated carbocycles. The van der Waals surface area contributed by atoms with Gasteiger partial charge in [-0.25, -0.2) is 18.4 Å². The van der Waals surface area contributed by atoms with Gasteiger partial charge in [0.15, 0.2) is 9.84 Å². The van der Waals surface area contributed by atoms with Crippen LogP contribution in [0.15, 0.2) is 6.33 Å². The fourth-order valence-corrected chi connectivity index (χ4v) is 4.54. The van der Waals surface area contributed by atoms with Crippen molar-refractivity contribution in [3.63, 3.8) is 0 Å². The summed E-state index contributed by atoms with van der Waals surface area (Å²) in [5, 5.41) is 3.26. The van der Waals surface area contributed by atoms with Crippen LogP contribution in [0.3, 0.4) is 0 Å². The van der Waals surface area contributed by atoms with Gasteiger partial charge in [-0.05, 0) is 19.3 Å². The standard InChI is InChI=1S/C14H24N4O2S/c1-5-15-13-12(10(2)3)14(17-9-16-13)18(4)11-6-7-21(19,20)8-11/h9-11H,5-8H2,1-4H3,(H,15,16,17). The maximum Gasteiger partial charge on any atom is 0.152 e. The van der Waals surface area contributed by atoms with Crippen molar-refractivity contribution in [1.82, 2.24) is 9.97 Å². The Morgan fingerprint density at radius 1 is 1.43 bits per heavy atom. The lowest BCUT2D eigenvalue weighted by atomic mass is 10.0. The molecular formula is C14H24N4O2S. The van der Waals surface area contributed by atoms with Crippen molar-refractivity contribution in [3.8, 4) is 0 Å². The van der Waals surface area contributed by atoms with Gasteiger partial charge in [0.25, 0.3) is 0 Å². The summed E-state index contributed by atoms with van der Waals surface area (Å²) < 4.78 is 23.4. The molecule has 1 saturated heterocycles. The molecule has 0 radical (unpaired) electrons. The molecule has 0 aromatic carbocycles. The Morgan fingerprint density at radius 2 is 2.14 bits per heavy atom. The zero-order valence-electron chi connectivity index (χ0n) is 13.1. The largest absolute Gasteiger partial charge is 0.370 e. The highest BCUT2D eigenvalue weighted by Crippen LogP contribution is 2.32. The first-order valence-corrected chi connectivity index (χ1v) is 9.20. The summed E-state index contributed by atoms with van der Waals surface area (Å²) >= 11 is 0. The molecule has 1 aromatic heterocycles. The molecule has 1 fully saturated rings. The molecule has 1 unspecified atom stereocenters. The SMILES string of the molecule is CCNc1ncnc(N(C)C2CCS(=O)(=O)C2)c1C(C)C. The predicted octanol–water partition coefficient (Wildman–Crippen LogP) is 1.66. The molecule has 0 amide bonds. The maximum absolute atomic E-state index is 11.7. The lowest BCUT2D eigenvalue weighted by Gasteiger charge is -2.28. The molecule has 118 valence electrons. The van der Waals surface area contributed by atoms with Gasteiger partial charge in [0.2, 0.25) is 0 Å². The van der Waals surface area contributed by atoms with E-state index >= 15 is 0 Å². The Morgan fingerprint density at radius 3 is 2.67 bits per heavy atom. The fraction of sp³-hybridized carbons (Fsp3) is 0.714. The quantitative estimate of drug-likeness (QED) is 0.891. The van der Waals surface area contributed by atoms with Crippen LogP contribution < -0.4 is 10.2 Å². The number of aromatic nitrogens is 2. The van der Waals surface area contributed by atoms with Crippen molar-refractivity contribution in [2.75, 3.05) is 35.3 Å². The first kappa shape index (κ1) is 16.0. The van der Waals surface area contributed by atoms with E-state index in [2.05, 4.69) is 29.1 Å². The van der Waals surface area contributed by atoms with Crippen LogP contribution in [-0.2, 0) is 9.84 Å². The molecule has 0 aliphatic carbocycles. The third-order valence-electron chi connectivity index (χ3n) is 3.87. The van der Waals surface area contributed by atoms with Crippen molar-refractivity contribution >= 4 is 21.5 Å². The van der Waals surface area contributed by atoms with Gasteiger partial charge in [-0.2, -0.15) is 0 Å². The highest BCUT2D eigenvalue weighted by atomic mass is 32.2. The summed E-state index contributed by atoms with van der Waals surface area (Å²) in [4.78, 5) is 10.7. The number of anilines is 2. The van der Waals surface area contributed by atoms with E-state index in [9.17, 15) is 8.42 Å². The van der Waals surface area contributed by atoms with Crippen LogP contribution in [0.25, 0.3) is 0 Å². The van der Waals surface area contributed by atoms with E-state index in [1.807, 2.05) is 18.9 Å². The molecule has 2 heterocycles. The van der Waals surface area contributed by atoms with Crippen molar-refractivity contribution < 1.29 is 8.42 Å². The van der Waals surface area contributed by atoms with Crippen molar-refractivity contribution in [1.29, 1.82) is 0 Å². The van der Waals surface area contributed by atoms with Crippen LogP contribution >= 0.6 is 0 Å². The van der Waals surface area contributed by atoms with Crippen molar-refractivity contribution in [2.24, 2.45) is 0 Å². The molecule has 1 aliphatic rings. The Bertz CT molecular complexity index is 601. The van der Waals surface area contributed by atoms with Gasteiger partial charge in [-0.3, -0.25) is 0 Å². The predicted molar refractivity (Wildman–Crippen MR) is 85.7 cm³/mol. The minimum absolute atomic E-state index is 0.00289. The zero-order chi connectivity index (χ0) is 15.6. The van der Waals surface area contributed by atoms with Gasteiger partial charge in [0.05, 0.1) is 11.5 Å². The number of rotatable bonds is 5. The Labute approximate surface area is 126 Å². The highest BCUT2D eigenvalue weighted by Gasteiger charge is 2.32. The second-order valence-electron chi connectivity index (χ2n) is 5.81. The second kappa shape index (κ2) is 6.17. The van der Waals surface area contributed by atoms with Crippen LogP contribution in [0.5, 0.6) is 0 Å². The summed E-state index contributed by atoms with van der Waals surface area (Å²) in [6.45, 7) is 7.02. The summed E-state index contributed by atoms with van der Waals surface area (Å²) in [5.41, 5.74) is 1.05. The van der Waals surface area contributed by atoms with Crippen LogP contribution in [0.2, 0.25) is 0 Å². The minimum Gasteiger partial charge on any atom is -0.370 e. The molecule has 1 aromatic rings. The smallest absolute Gasteiger partial charge is 0.152 e. The molecule has 7 heteroatoms. The minimum atomic E-state index is -2.90. The van der Waals surface area contributed by atoms with E-state index in [-0.39, 0.29) is 23.5 Å². The Hall–Kier alpha value is -1.37. The average molecular weight is 312 g/mol. The molecule has 2 rings (SSSR count). The molecule has 6 nitrogen and oxygen atoms in total. The molecule has 1 aliphatic heterocycles. The number of hydrogen-bond donors (Lipinski definition) is 1. The van der Waals surface area contributed by atoms with Crippen LogP contribution in [0, 0.1) is 0 Å². The van der Waals surface area contributed by atoms with Crippen molar-refractivity contribution in [2.45, 2.75) is 39.2 Å². The first-order valence-electron chi connectivity index (χ1n) is 7.37. The molecule has 0 spiro atoms. The van der Waals surface area contributed by atoms with E-state index in [1.165, 1.54) is 0 Å². The van der Waals surface area contributed by atoms with E-state index in [1.54, 1.807) is 6.33 Å². The topological polar surface area (TPSA) is 75.2 Å². The lowest BCUT2D eigenvalue weighted by molar-refractivity contribution is 0.600. The maximum atomic E-state index is 11.7.